The molecule has 1 fully saturated rings. The minimum absolute atomic E-state index is 0.0293. The highest BCUT2D eigenvalue weighted by molar-refractivity contribution is 6.06. The van der Waals surface area contributed by atoms with E-state index in [1.165, 1.54) is 19.1 Å². The van der Waals surface area contributed by atoms with Crippen LogP contribution in [0.15, 0.2) is 77.3 Å². The third-order valence-corrected chi connectivity index (χ3v) is 7.04. The normalized spacial score (nSPS) is 19.0. The van der Waals surface area contributed by atoms with Crippen molar-refractivity contribution in [1.82, 2.24) is 4.90 Å². The summed E-state index contributed by atoms with van der Waals surface area (Å²) in [5, 5.41) is 10.2. The zero-order chi connectivity index (χ0) is 31.3. The van der Waals surface area contributed by atoms with Crippen LogP contribution in [0.3, 0.4) is 0 Å². The molecule has 0 spiro atoms. The van der Waals surface area contributed by atoms with Gasteiger partial charge in [0.1, 0.15) is 29.0 Å². The molecular formula is C32H36N4O7. The van der Waals surface area contributed by atoms with Crippen molar-refractivity contribution >= 4 is 23.7 Å². The van der Waals surface area contributed by atoms with Crippen LogP contribution in [-0.2, 0) is 23.8 Å². The second-order valence-electron chi connectivity index (χ2n) is 11.1. The van der Waals surface area contributed by atoms with E-state index >= 15 is 0 Å². The third-order valence-electron chi connectivity index (χ3n) is 7.04. The Morgan fingerprint density at radius 1 is 0.977 bits per heavy atom. The number of carbonyl (C=O) groups is 3. The fourth-order valence-corrected chi connectivity index (χ4v) is 5.17. The Bertz CT molecular complexity index is 1470. The highest BCUT2D eigenvalue weighted by Gasteiger charge is 2.43. The first-order valence-corrected chi connectivity index (χ1v) is 13.9. The largest absolute Gasteiger partial charge is 0.489 e. The third kappa shape index (κ3) is 6.75. The molecule has 2 aromatic carbocycles. The number of carbonyl (C=O) groups excluding carboxylic acids is 3. The standard InChI is InChI=1S/C32H36N4O7/c1-32(2,3)43-31(39)35-17-9-12-23(19-35)42-22-15-13-21(14-16-22)36-27(30(38)41-5)26(29(37)40-4)25(24(18-33)28(36)34)20-10-7-6-8-11-20/h6-8,10-11,13-16,23,25H,9,12,17,19,34H2,1-5H3. The highest BCUT2D eigenvalue weighted by Crippen LogP contribution is 2.43. The number of nitriles is 1. The molecule has 11 nitrogen and oxygen atoms in total. The molecule has 1 saturated heterocycles. The van der Waals surface area contributed by atoms with Gasteiger partial charge in [0.15, 0.2) is 0 Å². The number of rotatable bonds is 6. The number of likely N-dealkylation sites (tertiary alicyclic amines) is 1. The van der Waals surface area contributed by atoms with Crippen molar-refractivity contribution in [2.75, 3.05) is 32.2 Å². The average molecular weight is 589 g/mol. The summed E-state index contributed by atoms with van der Waals surface area (Å²) in [4.78, 5) is 42.0. The Hall–Kier alpha value is -4.98. The van der Waals surface area contributed by atoms with Crippen LogP contribution < -0.4 is 15.4 Å². The zero-order valence-corrected chi connectivity index (χ0v) is 25.0. The molecule has 0 aromatic heterocycles. The van der Waals surface area contributed by atoms with Gasteiger partial charge in [0.25, 0.3) is 0 Å². The van der Waals surface area contributed by atoms with E-state index in [2.05, 4.69) is 6.07 Å². The van der Waals surface area contributed by atoms with Crippen molar-refractivity contribution in [2.45, 2.75) is 51.2 Å². The fraction of sp³-hybridized carbons (Fsp3) is 0.375. The number of methoxy groups -OCH3 is 2. The number of piperidine rings is 1. The summed E-state index contributed by atoms with van der Waals surface area (Å²) in [7, 11) is 2.40. The minimum atomic E-state index is -0.953. The molecule has 2 N–H and O–H groups in total. The average Bonchev–Trinajstić information content (AvgIpc) is 3.00. The summed E-state index contributed by atoms with van der Waals surface area (Å²) in [5.74, 6) is -2.08. The number of ether oxygens (including phenoxy) is 4. The van der Waals surface area contributed by atoms with Gasteiger partial charge in [-0.05, 0) is 63.4 Å². The van der Waals surface area contributed by atoms with Gasteiger partial charge in [0, 0.05) is 12.2 Å². The quantitative estimate of drug-likeness (QED) is 0.382. The number of allylic oxidation sites excluding steroid dienone is 1. The Morgan fingerprint density at radius 2 is 1.63 bits per heavy atom. The van der Waals surface area contributed by atoms with Crippen LogP contribution >= 0.6 is 0 Å². The number of benzene rings is 2. The molecule has 2 unspecified atom stereocenters. The lowest BCUT2D eigenvalue weighted by Gasteiger charge is -2.36. The van der Waals surface area contributed by atoms with E-state index in [4.69, 9.17) is 24.7 Å². The summed E-state index contributed by atoms with van der Waals surface area (Å²) < 4.78 is 21.8. The van der Waals surface area contributed by atoms with Crippen molar-refractivity contribution in [3.05, 3.63) is 82.8 Å². The fourth-order valence-electron chi connectivity index (χ4n) is 5.17. The molecule has 0 bridgehead atoms. The number of nitrogens with two attached hydrogens (primary N) is 1. The molecule has 0 aliphatic carbocycles. The monoisotopic (exact) mass is 588 g/mol. The van der Waals surface area contributed by atoms with Crippen LogP contribution in [0.4, 0.5) is 10.5 Å². The number of hydrogen-bond acceptors (Lipinski definition) is 10. The molecule has 43 heavy (non-hydrogen) atoms. The van der Waals surface area contributed by atoms with Crippen LogP contribution in [0.5, 0.6) is 5.75 Å². The molecule has 11 heteroatoms. The Balaban J connectivity index is 1.68. The van der Waals surface area contributed by atoms with Crippen molar-refractivity contribution in [3.63, 3.8) is 0 Å². The minimum Gasteiger partial charge on any atom is -0.489 e. The molecule has 226 valence electrons. The summed E-state index contributed by atoms with van der Waals surface area (Å²) in [5.41, 5.74) is 6.79. The first-order valence-electron chi connectivity index (χ1n) is 13.9. The summed E-state index contributed by atoms with van der Waals surface area (Å²) in [6.07, 6.45) is 0.891. The highest BCUT2D eigenvalue weighted by atomic mass is 16.6. The molecule has 2 heterocycles. The van der Waals surface area contributed by atoms with Crippen molar-refractivity contribution in [1.29, 1.82) is 5.26 Å². The number of amides is 1. The lowest BCUT2D eigenvalue weighted by Crippen LogP contribution is -2.46. The van der Waals surface area contributed by atoms with Gasteiger partial charge in [0.05, 0.1) is 43.9 Å². The maximum Gasteiger partial charge on any atom is 0.410 e. The molecule has 1 amide bonds. The maximum atomic E-state index is 13.2. The molecule has 0 radical (unpaired) electrons. The van der Waals surface area contributed by atoms with Gasteiger partial charge in [-0.3, -0.25) is 4.90 Å². The van der Waals surface area contributed by atoms with Crippen molar-refractivity contribution in [2.24, 2.45) is 5.73 Å². The molecular weight excluding hydrogens is 552 g/mol. The van der Waals surface area contributed by atoms with Gasteiger partial charge in [-0.15, -0.1) is 0 Å². The van der Waals surface area contributed by atoms with E-state index in [1.807, 2.05) is 20.8 Å². The van der Waals surface area contributed by atoms with Crippen LogP contribution in [0, 0.1) is 11.3 Å². The second kappa shape index (κ2) is 12.9. The van der Waals surface area contributed by atoms with Crippen LogP contribution in [0.1, 0.15) is 45.1 Å². The van der Waals surface area contributed by atoms with Gasteiger partial charge < -0.3 is 29.6 Å². The lowest BCUT2D eigenvalue weighted by atomic mass is 9.81. The van der Waals surface area contributed by atoms with Gasteiger partial charge in [-0.2, -0.15) is 5.26 Å². The van der Waals surface area contributed by atoms with Gasteiger partial charge in [-0.1, -0.05) is 30.3 Å². The first kappa shape index (κ1) is 31.0. The predicted molar refractivity (Wildman–Crippen MR) is 157 cm³/mol. The molecule has 2 atom stereocenters. The Labute approximate surface area is 251 Å². The molecule has 4 rings (SSSR count). The van der Waals surface area contributed by atoms with Crippen LogP contribution in [-0.4, -0.2) is 61.9 Å². The van der Waals surface area contributed by atoms with E-state index in [9.17, 15) is 19.6 Å². The van der Waals surface area contributed by atoms with E-state index < -0.39 is 23.5 Å². The maximum absolute atomic E-state index is 13.2. The summed E-state index contributed by atoms with van der Waals surface area (Å²) in [6.45, 7) is 6.44. The van der Waals surface area contributed by atoms with Crippen molar-refractivity contribution in [3.8, 4) is 11.8 Å². The molecule has 2 aliphatic rings. The van der Waals surface area contributed by atoms with Gasteiger partial charge in [0.2, 0.25) is 0 Å². The van der Waals surface area contributed by atoms with E-state index in [-0.39, 0.29) is 34.9 Å². The number of anilines is 1. The second-order valence-corrected chi connectivity index (χ2v) is 11.1. The van der Waals surface area contributed by atoms with Crippen LogP contribution in [0.2, 0.25) is 0 Å². The topological polar surface area (TPSA) is 144 Å². The summed E-state index contributed by atoms with van der Waals surface area (Å²) in [6, 6.07) is 17.6. The molecule has 0 saturated carbocycles. The van der Waals surface area contributed by atoms with Gasteiger partial charge in [-0.25, -0.2) is 14.4 Å². The smallest absolute Gasteiger partial charge is 0.410 e. The SMILES string of the molecule is COC(=O)C1=C(C(=O)OC)N(c2ccc(OC3CCCN(C(=O)OC(C)(C)C)C3)cc2)C(N)=C(C#N)C1c1ccccc1. The molecule has 2 aromatic rings. The lowest BCUT2D eigenvalue weighted by molar-refractivity contribution is -0.139. The van der Waals surface area contributed by atoms with Gasteiger partial charge >= 0.3 is 18.0 Å². The Kier molecular flexibility index (Phi) is 9.29. The first-order chi connectivity index (χ1) is 20.5. The number of esters is 2. The number of nitrogens with zero attached hydrogens (tertiary/aromatic N) is 3. The van der Waals surface area contributed by atoms with Crippen molar-refractivity contribution < 1.29 is 33.3 Å². The number of hydrogen-bond donors (Lipinski definition) is 1. The predicted octanol–water partition coefficient (Wildman–Crippen LogP) is 4.36. The van der Waals surface area contributed by atoms with E-state index in [1.54, 1.807) is 59.5 Å². The molecule has 2 aliphatic heterocycles. The Morgan fingerprint density at radius 3 is 2.21 bits per heavy atom. The van der Waals surface area contributed by atoms with E-state index in [0.717, 1.165) is 12.8 Å². The summed E-state index contributed by atoms with van der Waals surface area (Å²) >= 11 is 0. The zero-order valence-electron chi connectivity index (χ0n) is 25.0. The van der Waals surface area contributed by atoms with E-state index in [0.29, 0.717) is 30.1 Å². The van der Waals surface area contributed by atoms with Crippen LogP contribution in [0.25, 0.3) is 0 Å².